The fourth-order valence-electron chi connectivity index (χ4n) is 1.70. The van der Waals surface area contributed by atoms with Gasteiger partial charge in [0.25, 0.3) is 5.91 Å². The van der Waals surface area contributed by atoms with Gasteiger partial charge in [-0.15, -0.1) is 0 Å². The number of pyridine rings is 1. The lowest BCUT2D eigenvalue weighted by Gasteiger charge is -2.23. The Bertz CT molecular complexity index is 347. The second kappa shape index (κ2) is 9.45. The number of primary amides is 1. The van der Waals surface area contributed by atoms with Crippen molar-refractivity contribution in [2.24, 2.45) is 5.73 Å². The van der Waals surface area contributed by atoms with E-state index in [0.717, 1.165) is 25.9 Å². The maximum absolute atomic E-state index is 11.3. The second-order valence-corrected chi connectivity index (χ2v) is 3.73. The highest BCUT2D eigenvalue weighted by molar-refractivity contribution is 5.97. The molecule has 4 nitrogen and oxygen atoms in total. The average molecular weight is 251 g/mol. The highest BCUT2D eigenvalue weighted by atomic mass is 16.1. The molecule has 1 amide bonds. The normalized spacial score (nSPS) is 9.33. The molecule has 0 spiro atoms. The molecule has 0 aromatic carbocycles. The lowest BCUT2D eigenvalue weighted by Crippen LogP contribution is -2.29. The van der Waals surface area contributed by atoms with E-state index in [2.05, 4.69) is 23.7 Å². The predicted octanol–water partition coefficient (Wildman–Crippen LogP) is 2.83. The van der Waals surface area contributed by atoms with E-state index >= 15 is 0 Å². The van der Waals surface area contributed by atoms with Gasteiger partial charge in [0.1, 0.15) is 5.82 Å². The van der Waals surface area contributed by atoms with Gasteiger partial charge in [0.05, 0.1) is 5.56 Å². The molecule has 1 aromatic heterocycles. The Balaban J connectivity index is 0.00000137. The Hall–Kier alpha value is -1.58. The van der Waals surface area contributed by atoms with Crippen molar-refractivity contribution in [3.05, 3.63) is 23.9 Å². The van der Waals surface area contributed by atoms with Gasteiger partial charge in [0.15, 0.2) is 0 Å². The van der Waals surface area contributed by atoms with Gasteiger partial charge in [-0.25, -0.2) is 4.98 Å². The molecular weight excluding hydrogens is 226 g/mol. The quantitative estimate of drug-likeness (QED) is 0.845. The molecule has 4 heteroatoms. The zero-order valence-electron chi connectivity index (χ0n) is 11.9. The average Bonchev–Trinajstić information content (AvgIpc) is 2.41. The number of carbonyl (C=O) groups is 1. The number of amides is 1. The van der Waals surface area contributed by atoms with Crippen LogP contribution in [0.4, 0.5) is 5.82 Å². The number of carbonyl (C=O) groups excluding carboxylic acids is 1. The van der Waals surface area contributed by atoms with Crippen molar-refractivity contribution in [2.45, 2.75) is 40.5 Å². The van der Waals surface area contributed by atoms with Crippen molar-refractivity contribution in [3.63, 3.8) is 0 Å². The van der Waals surface area contributed by atoms with Crippen LogP contribution in [0.5, 0.6) is 0 Å². The van der Waals surface area contributed by atoms with Crippen LogP contribution in [-0.2, 0) is 0 Å². The molecule has 0 aliphatic carbocycles. The highest BCUT2D eigenvalue weighted by Crippen LogP contribution is 2.17. The van der Waals surface area contributed by atoms with E-state index in [-0.39, 0.29) is 0 Å². The molecular formula is C14H25N3O. The summed E-state index contributed by atoms with van der Waals surface area (Å²) < 4.78 is 0. The predicted molar refractivity (Wildman–Crippen MR) is 76.9 cm³/mol. The Kier molecular flexibility index (Phi) is 8.62. The number of nitrogens with two attached hydrogens (primary N) is 1. The highest BCUT2D eigenvalue weighted by Gasteiger charge is 2.14. The summed E-state index contributed by atoms with van der Waals surface area (Å²) in [5, 5.41) is 0. The van der Waals surface area contributed by atoms with Crippen LogP contribution in [0.25, 0.3) is 0 Å². The van der Waals surface area contributed by atoms with Crippen LogP contribution in [0.3, 0.4) is 0 Å². The lowest BCUT2D eigenvalue weighted by molar-refractivity contribution is 0.100. The largest absolute Gasteiger partial charge is 0.365 e. The Morgan fingerprint density at radius 1 is 1.28 bits per heavy atom. The van der Waals surface area contributed by atoms with Gasteiger partial charge in [0.2, 0.25) is 0 Å². The van der Waals surface area contributed by atoms with Gasteiger partial charge in [0, 0.05) is 19.3 Å². The minimum Gasteiger partial charge on any atom is -0.365 e. The van der Waals surface area contributed by atoms with Crippen molar-refractivity contribution >= 4 is 11.7 Å². The standard InChI is InChI=1S/C12H19N3O.C2H6/c1-3-8-15(9-4-2)12-10(11(13)16)6-5-7-14-12;1-2/h5-7H,3-4,8-9H2,1-2H3,(H2,13,16);1-2H3. The van der Waals surface area contributed by atoms with E-state index in [1.165, 1.54) is 0 Å². The van der Waals surface area contributed by atoms with Crippen LogP contribution >= 0.6 is 0 Å². The zero-order chi connectivity index (χ0) is 14.0. The van der Waals surface area contributed by atoms with Crippen LogP contribution in [-0.4, -0.2) is 24.0 Å². The molecule has 0 unspecified atom stereocenters. The van der Waals surface area contributed by atoms with Gasteiger partial charge in [-0.1, -0.05) is 27.7 Å². The number of anilines is 1. The maximum atomic E-state index is 11.3. The van der Waals surface area contributed by atoms with Crippen molar-refractivity contribution in [2.75, 3.05) is 18.0 Å². The molecule has 1 aromatic rings. The minimum absolute atomic E-state index is 0.416. The van der Waals surface area contributed by atoms with E-state index in [4.69, 9.17) is 5.73 Å². The smallest absolute Gasteiger partial charge is 0.252 e. The molecule has 0 aliphatic rings. The van der Waals surface area contributed by atoms with E-state index < -0.39 is 5.91 Å². The molecule has 2 N–H and O–H groups in total. The van der Waals surface area contributed by atoms with Gasteiger partial charge in [-0.3, -0.25) is 4.79 Å². The first-order valence-electron chi connectivity index (χ1n) is 6.70. The van der Waals surface area contributed by atoms with Gasteiger partial charge < -0.3 is 10.6 Å². The number of hydrogen-bond donors (Lipinski definition) is 1. The second-order valence-electron chi connectivity index (χ2n) is 3.73. The molecule has 0 radical (unpaired) electrons. The molecule has 0 atom stereocenters. The summed E-state index contributed by atoms with van der Waals surface area (Å²) in [4.78, 5) is 17.7. The Morgan fingerprint density at radius 3 is 2.28 bits per heavy atom. The van der Waals surface area contributed by atoms with Crippen LogP contribution in [0.15, 0.2) is 18.3 Å². The molecule has 0 bridgehead atoms. The van der Waals surface area contributed by atoms with Crippen molar-refractivity contribution < 1.29 is 4.79 Å². The number of aromatic nitrogens is 1. The maximum Gasteiger partial charge on any atom is 0.252 e. The molecule has 0 saturated carbocycles. The third-order valence-electron chi connectivity index (χ3n) is 2.34. The van der Waals surface area contributed by atoms with Crippen molar-refractivity contribution in [1.29, 1.82) is 0 Å². The number of hydrogen-bond acceptors (Lipinski definition) is 3. The van der Waals surface area contributed by atoms with Crippen molar-refractivity contribution in [3.8, 4) is 0 Å². The van der Waals surface area contributed by atoms with Gasteiger partial charge in [-0.2, -0.15) is 0 Å². The SMILES string of the molecule is CC.CCCN(CCC)c1ncccc1C(N)=O. The third kappa shape index (κ3) is 4.73. The summed E-state index contributed by atoms with van der Waals surface area (Å²) in [6.45, 7) is 10.0. The van der Waals surface area contributed by atoms with E-state index in [0.29, 0.717) is 11.4 Å². The molecule has 0 saturated heterocycles. The summed E-state index contributed by atoms with van der Waals surface area (Å²) in [5.41, 5.74) is 5.84. The van der Waals surface area contributed by atoms with E-state index in [9.17, 15) is 4.79 Å². The monoisotopic (exact) mass is 251 g/mol. The van der Waals surface area contributed by atoms with Crippen LogP contribution in [0, 0.1) is 0 Å². The minimum atomic E-state index is -0.416. The zero-order valence-corrected chi connectivity index (χ0v) is 11.9. The molecule has 18 heavy (non-hydrogen) atoms. The van der Waals surface area contributed by atoms with Gasteiger partial charge >= 0.3 is 0 Å². The van der Waals surface area contributed by atoms with Crippen molar-refractivity contribution in [1.82, 2.24) is 4.98 Å². The van der Waals surface area contributed by atoms with Crippen LogP contribution in [0.2, 0.25) is 0 Å². The summed E-state index contributed by atoms with van der Waals surface area (Å²) in [6.07, 6.45) is 3.74. The number of nitrogens with zero attached hydrogens (tertiary/aromatic N) is 2. The van der Waals surface area contributed by atoms with Crippen LogP contribution < -0.4 is 10.6 Å². The molecule has 1 heterocycles. The van der Waals surface area contributed by atoms with E-state index in [1.807, 2.05) is 13.8 Å². The molecule has 0 aliphatic heterocycles. The summed E-state index contributed by atoms with van der Waals surface area (Å²) >= 11 is 0. The summed E-state index contributed by atoms with van der Waals surface area (Å²) in [6, 6.07) is 3.46. The topological polar surface area (TPSA) is 59.2 Å². The third-order valence-corrected chi connectivity index (χ3v) is 2.34. The first-order valence-corrected chi connectivity index (χ1v) is 6.70. The fourth-order valence-corrected chi connectivity index (χ4v) is 1.70. The molecule has 0 fully saturated rings. The van der Waals surface area contributed by atoms with Gasteiger partial charge in [-0.05, 0) is 25.0 Å². The number of rotatable bonds is 6. The fraction of sp³-hybridized carbons (Fsp3) is 0.571. The first-order chi connectivity index (χ1) is 8.70. The lowest BCUT2D eigenvalue weighted by atomic mass is 10.2. The summed E-state index contributed by atoms with van der Waals surface area (Å²) in [7, 11) is 0. The Morgan fingerprint density at radius 2 is 1.83 bits per heavy atom. The summed E-state index contributed by atoms with van der Waals surface area (Å²) in [5.74, 6) is 0.291. The van der Waals surface area contributed by atoms with E-state index in [1.54, 1.807) is 18.3 Å². The first kappa shape index (κ1) is 16.4. The Labute approximate surface area is 110 Å². The molecule has 1 rings (SSSR count). The van der Waals surface area contributed by atoms with Crippen LogP contribution in [0.1, 0.15) is 50.9 Å². The molecule has 102 valence electrons.